The van der Waals surface area contributed by atoms with E-state index in [1.165, 1.54) is 0 Å². The molecule has 0 amide bonds. The Labute approximate surface area is 114 Å². The molecule has 1 nitrogen and oxygen atoms in total. The molecule has 0 bridgehead atoms. The fourth-order valence-electron chi connectivity index (χ4n) is 1.04. The molecule has 0 saturated heterocycles. The van der Waals surface area contributed by atoms with Gasteiger partial charge in [0, 0.05) is 0 Å². The van der Waals surface area contributed by atoms with Crippen molar-refractivity contribution in [1.29, 1.82) is 0 Å². The Hall–Kier alpha value is -1.02. The number of rotatable bonds is 4. The zero-order valence-corrected chi connectivity index (χ0v) is 11.1. The summed E-state index contributed by atoms with van der Waals surface area (Å²) in [7, 11) is 0. The minimum absolute atomic E-state index is 0.0726. The van der Waals surface area contributed by atoms with Crippen LogP contribution in [0.3, 0.4) is 0 Å². The van der Waals surface area contributed by atoms with Crippen LogP contribution < -0.4 is 4.74 Å². The van der Waals surface area contributed by atoms with E-state index in [0.717, 1.165) is 24.3 Å². The minimum atomic E-state index is -5.62. The normalized spacial score (nSPS) is 13.4. The summed E-state index contributed by atoms with van der Waals surface area (Å²) in [5.41, 5.74) is 0.0726. The van der Waals surface area contributed by atoms with Crippen LogP contribution in [-0.2, 0) is 5.32 Å². The van der Waals surface area contributed by atoms with E-state index in [-0.39, 0.29) is 5.56 Å². The monoisotopic (exact) mass is 374 g/mol. The van der Waals surface area contributed by atoms with Gasteiger partial charge in [0.15, 0.2) is 0 Å². The van der Waals surface area contributed by atoms with Crippen LogP contribution in [0.1, 0.15) is 5.56 Å². The summed E-state index contributed by atoms with van der Waals surface area (Å²) in [6.45, 7) is 0. The van der Waals surface area contributed by atoms with Crippen molar-refractivity contribution in [2.75, 3.05) is 0 Å². The second-order valence-corrected chi connectivity index (χ2v) is 5.78. The Bertz CT molecular complexity index is 436. The number of alkyl halides is 8. The number of benzene rings is 1. The molecule has 1 aromatic rings. The van der Waals surface area contributed by atoms with Gasteiger partial charge in [-0.3, -0.25) is 0 Å². The Morgan fingerprint density at radius 3 is 1.75 bits per heavy atom. The molecule has 0 radical (unpaired) electrons. The number of hydrogen-bond acceptors (Lipinski definition) is 1. The van der Waals surface area contributed by atoms with Crippen LogP contribution in [0.2, 0.25) is 0 Å². The summed E-state index contributed by atoms with van der Waals surface area (Å²) < 4.78 is 100. The van der Waals surface area contributed by atoms with Gasteiger partial charge in [0.1, 0.15) is 0 Å². The molecule has 10 heteroatoms. The van der Waals surface area contributed by atoms with Gasteiger partial charge < -0.3 is 0 Å². The van der Waals surface area contributed by atoms with Gasteiger partial charge in [-0.2, -0.15) is 0 Å². The van der Waals surface area contributed by atoms with Gasteiger partial charge in [0.25, 0.3) is 0 Å². The van der Waals surface area contributed by atoms with Crippen LogP contribution in [0.15, 0.2) is 24.3 Å². The first-order chi connectivity index (χ1) is 8.91. The van der Waals surface area contributed by atoms with Crippen molar-refractivity contribution in [2.24, 2.45) is 0 Å². The van der Waals surface area contributed by atoms with Gasteiger partial charge in [-0.25, -0.2) is 0 Å². The summed E-state index contributed by atoms with van der Waals surface area (Å²) in [5, 5.41) is -0.564. The van der Waals surface area contributed by atoms with Gasteiger partial charge in [0.2, 0.25) is 0 Å². The first kappa shape index (κ1) is 17.0. The van der Waals surface area contributed by atoms with Crippen molar-refractivity contribution in [2.45, 2.75) is 22.7 Å². The molecule has 0 saturated carbocycles. The first-order valence-corrected chi connectivity index (χ1v) is 6.91. The molecule has 0 fully saturated rings. The molecular formula is C10H6F8OSe. The maximum atomic E-state index is 12.6. The van der Waals surface area contributed by atoms with E-state index in [1.807, 2.05) is 0 Å². The van der Waals surface area contributed by atoms with Crippen LogP contribution in [0.5, 0.6) is 5.75 Å². The van der Waals surface area contributed by atoms with Gasteiger partial charge in [0.05, 0.1) is 0 Å². The molecule has 0 aliphatic carbocycles. The van der Waals surface area contributed by atoms with E-state index in [2.05, 4.69) is 4.74 Å². The van der Waals surface area contributed by atoms with Crippen LogP contribution in [0.25, 0.3) is 0 Å². The average molecular weight is 373 g/mol. The second-order valence-electron chi connectivity index (χ2n) is 3.49. The van der Waals surface area contributed by atoms with Gasteiger partial charge >= 0.3 is 113 Å². The maximum absolute atomic E-state index is 12.6. The molecule has 0 unspecified atom stereocenters. The number of hydrogen-bond donors (Lipinski definition) is 0. The van der Waals surface area contributed by atoms with Gasteiger partial charge in [-0.05, 0) is 0 Å². The zero-order valence-electron chi connectivity index (χ0n) is 9.36. The molecule has 1 aromatic carbocycles. The Morgan fingerprint density at radius 1 is 0.850 bits per heavy atom. The van der Waals surface area contributed by atoms with Crippen molar-refractivity contribution in [1.82, 2.24) is 0 Å². The zero-order chi connectivity index (χ0) is 15.6. The summed E-state index contributed by atoms with van der Waals surface area (Å²) in [6, 6.07) is 3.72. The van der Waals surface area contributed by atoms with Crippen molar-refractivity contribution >= 4 is 15.0 Å². The van der Waals surface area contributed by atoms with Gasteiger partial charge in [-0.1, -0.05) is 0 Å². The van der Waals surface area contributed by atoms with E-state index in [0.29, 0.717) is 0 Å². The third-order valence-corrected chi connectivity index (χ3v) is 4.16. The topological polar surface area (TPSA) is 9.23 Å². The van der Waals surface area contributed by atoms with Gasteiger partial charge in [-0.15, -0.1) is 0 Å². The summed E-state index contributed by atoms with van der Waals surface area (Å²) in [5.74, 6) is -0.573. The van der Waals surface area contributed by atoms with E-state index in [9.17, 15) is 35.1 Å². The molecular weight excluding hydrogens is 367 g/mol. The summed E-state index contributed by atoms with van der Waals surface area (Å²) in [4.78, 5) is -4.78. The number of halogens is 8. The molecule has 20 heavy (non-hydrogen) atoms. The fourth-order valence-corrected chi connectivity index (χ4v) is 2.52. The molecule has 0 heterocycles. The molecule has 0 N–H and O–H groups in total. The van der Waals surface area contributed by atoms with E-state index in [1.54, 1.807) is 0 Å². The average Bonchev–Trinajstić information content (AvgIpc) is 2.24. The molecule has 1 rings (SSSR count). The molecule has 114 valence electrons. The van der Waals surface area contributed by atoms with E-state index >= 15 is 0 Å². The third-order valence-electron chi connectivity index (χ3n) is 1.91. The Morgan fingerprint density at radius 2 is 1.35 bits per heavy atom. The standard InChI is InChI=1S/C10H6F8OSe/c11-8(12,13)9(14,15)20-5-6-1-3-7(4-2-6)19-10(16,17)18/h1-4H,5H2. The predicted octanol–water partition coefficient (Wildman–Crippen LogP) is 3.94. The van der Waals surface area contributed by atoms with Crippen molar-refractivity contribution in [3.8, 4) is 5.75 Å². The molecule has 0 aliphatic heterocycles. The first-order valence-electron chi connectivity index (χ1n) is 4.84. The SMILES string of the molecule is FC(F)(F)Oc1ccc(C[Se]C(F)(F)C(F)(F)F)cc1. The van der Waals surface area contributed by atoms with Crippen LogP contribution >= 0.6 is 0 Å². The molecule has 0 atom stereocenters. The second kappa shape index (κ2) is 5.77. The van der Waals surface area contributed by atoms with Crippen LogP contribution in [0.4, 0.5) is 35.1 Å². The third kappa shape index (κ3) is 5.16. The Kier molecular flexibility index (Phi) is 4.91. The molecule has 0 spiro atoms. The predicted molar refractivity (Wildman–Crippen MR) is 53.6 cm³/mol. The number of ether oxygens (including phenoxy) is 1. The van der Waals surface area contributed by atoms with E-state index < -0.39 is 43.4 Å². The quantitative estimate of drug-likeness (QED) is 0.574. The van der Waals surface area contributed by atoms with E-state index in [4.69, 9.17) is 0 Å². The van der Waals surface area contributed by atoms with Crippen molar-refractivity contribution in [3.63, 3.8) is 0 Å². The Balaban J connectivity index is 2.63. The summed E-state index contributed by atoms with van der Waals surface area (Å²) >= 11 is -2.09. The molecule has 0 aliphatic rings. The fraction of sp³-hybridized carbons (Fsp3) is 0.400. The van der Waals surface area contributed by atoms with Crippen LogP contribution in [-0.4, -0.2) is 32.3 Å². The van der Waals surface area contributed by atoms with Crippen molar-refractivity contribution in [3.05, 3.63) is 29.8 Å². The summed E-state index contributed by atoms with van der Waals surface area (Å²) in [6.07, 6.45) is -10.5. The van der Waals surface area contributed by atoms with Crippen molar-refractivity contribution < 1.29 is 39.9 Å². The van der Waals surface area contributed by atoms with Crippen LogP contribution in [0, 0.1) is 0 Å². The molecule has 0 aromatic heterocycles.